The number of aliphatic hydroxyl groups excluding tert-OH is 1. The molecule has 1 N–H and O–H groups in total. The molecule has 96 valence electrons. The Balaban J connectivity index is 2.27. The molecule has 3 aromatic rings. The highest BCUT2D eigenvalue weighted by molar-refractivity contribution is 9.10. The molecule has 3 rings (SSSR count). The lowest BCUT2D eigenvalue weighted by Gasteiger charge is -2.14. The zero-order chi connectivity index (χ0) is 13.4. The predicted molar refractivity (Wildman–Crippen MR) is 79.4 cm³/mol. The van der Waals surface area contributed by atoms with Gasteiger partial charge in [-0.25, -0.2) is 4.98 Å². The Labute approximate surface area is 119 Å². The van der Waals surface area contributed by atoms with Crippen LogP contribution in [0.3, 0.4) is 0 Å². The molecule has 0 bridgehead atoms. The maximum Gasteiger partial charge on any atom is 0.100 e. The first-order valence-electron chi connectivity index (χ1n) is 6.07. The molecule has 0 radical (unpaired) electrons. The summed E-state index contributed by atoms with van der Waals surface area (Å²) >= 11 is 3.44. The van der Waals surface area contributed by atoms with Gasteiger partial charge in [0, 0.05) is 10.0 Å². The van der Waals surface area contributed by atoms with Crippen LogP contribution in [-0.4, -0.2) is 14.7 Å². The maximum atomic E-state index is 9.95. The van der Waals surface area contributed by atoms with Gasteiger partial charge in [0.1, 0.15) is 6.33 Å². The molecule has 3 nitrogen and oxygen atoms in total. The molecule has 2 aromatic carbocycles. The monoisotopic (exact) mass is 316 g/mol. The quantitative estimate of drug-likeness (QED) is 0.780. The molecule has 1 unspecified atom stereocenters. The fourth-order valence-corrected chi connectivity index (χ4v) is 2.61. The normalized spacial score (nSPS) is 12.8. The molecule has 0 saturated carbocycles. The zero-order valence-electron chi connectivity index (χ0n) is 10.4. The number of nitrogens with zero attached hydrogens (tertiary/aromatic N) is 2. The van der Waals surface area contributed by atoms with Crippen molar-refractivity contribution in [1.29, 1.82) is 0 Å². The summed E-state index contributed by atoms with van der Waals surface area (Å²) in [4.78, 5) is 4.39. The van der Waals surface area contributed by atoms with Gasteiger partial charge in [-0.3, -0.25) is 4.57 Å². The molecule has 0 fully saturated rings. The summed E-state index contributed by atoms with van der Waals surface area (Å²) in [5, 5.41) is 9.95. The zero-order valence-corrected chi connectivity index (χ0v) is 12.0. The minimum absolute atomic E-state index is 0.534. The third kappa shape index (κ3) is 2.17. The molecular formula is C15H13BrN2O. The number of hydrogen-bond donors (Lipinski definition) is 1. The summed E-state index contributed by atoms with van der Waals surface area (Å²) in [5.41, 5.74) is 3.80. The molecule has 1 heterocycles. The first-order chi connectivity index (χ1) is 9.16. The molecule has 4 heteroatoms. The minimum atomic E-state index is -0.534. The second kappa shape index (κ2) is 4.79. The third-order valence-corrected chi connectivity index (χ3v) is 3.65. The van der Waals surface area contributed by atoms with E-state index in [9.17, 15) is 5.11 Å². The Bertz CT molecular complexity index is 734. The van der Waals surface area contributed by atoms with Crippen molar-refractivity contribution in [1.82, 2.24) is 9.55 Å². The molecule has 0 saturated heterocycles. The van der Waals surface area contributed by atoms with Crippen molar-refractivity contribution in [2.45, 2.75) is 13.0 Å². The van der Waals surface area contributed by atoms with Crippen LogP contribution in [0.15, 0.2) is 53.3 Å². The van der Waals surface area contributed by atoms with Crippen LogP contribution < -0.4 is 0 Å². The van der Waals surface area contributed by atoms with Crippen molar-refractivity contribution < 1.29 is 5.11 Å². The Morgan fingerprint density at radius 3 is 2.79 bits per heavy atom. The highest BCUT2D eigenvalue weighted by Gasteiger charge is 2.12. The van der Waals surface area contributed by atoms with Crippen LogP contribution >= 0.6 is 15.9 Å². The highest BCUT2D eigenvalue weighted by atomic mass is 79.9. The van der Waals surface area contributed by atoms with Crippen LogP contribution in [0.1, 0.15) is 18.6 Å². The fourth-order valence-electron chi connectivity index (χ4n) is 2.23. The van der Waals surface area contributed by atoms with Gasteiger partial charge < -0.3 is 5.11 Å². The predicted octanol–water partition coefficient (Wildman–Crippen LogP) is 3.84. The van der Waals surface area contributed by atoms with Gasteiger partial charge in [-0.15, -0.1) is 0 Å². The van der Waals surface area contributed by atoms with E-state index in [1.165, 1.54) is 0 Å². The van der Waals surface area contributed by atoms with Gasteiger partial charge in [0.2, 0.25) is 0 Å². The van der Waals surface area contributed by atoms with E-state index < -0.39 is 6.10 Å². The summed E-state index contributed by atoms with van der Waals surface area (Å²) in [5.74, 6) is 0. The Kier molecular flexibility index (Phi) is 3.12. The lowest BCUT2D eigenvalue weighted by atomic mass is 10.1. The van der Waals surface area contributed by atoms with Gasteiger partial charge in [-0.05, 0) is 37.3 Å². The maximum absolute atomic E-state index is 9.95. The number of aliphatic hydroxyl groups is 1. The molecule has 0 aliphatic rings. The van der Waals surface area contributed by atoms with E-state index in [4.69, 9.17) is 0 Å². The van der Waals surface area contributed by atoms with E-state index in [0.717, 1.165) is 26.8 Å². The van der Waals surface area contributed by atoms with Gasteiger partial charge in [-0.1, -0.05) is 28.1 Å². The molecule has 0 aliphatic carbocycles. The van der Waals surface area contributed by atoms with Crippen molar-refractivity contribution in [3.63, 3.8) is 0 Å². The van der Waals surface area contributed by atoms with E-state index in [-0.39, 0.29) is 0 Å². The van der Waals surface area contributed by atoms with Crippen LogP contribution in [0.2, 0.25) is 0 Å². The van der Waals surface area contributed by atoms with Gasteiger partial charge in [0.15, 0.2) is 0 Å². The largest absolute Gasteiger partial charge is 0.389 e. The lowest BCUT2D eigenvalue weighted by Crippen LogP contribution is -2.01. The summed E-state index contributed by atoms with van der Waals surface area (Å²) in [7, 11) is 0. The second-order valence-electron chi connectivity index (χ2n) is 4.48. The Hall–Kier alpha value is -1.65. The van der Waals surface area contributed by atoms with Gasteiger partial charge in [0.05, 0.1) is 22.8 Å². The van der Waals surface area contributed by atoms with Gasteiger partial charge in [0.25, 0.3) is 0 Å². The SMILES string of the molecule is CC(O)c1cc(Br)ccc1-n1cnc2ccccc21. The van der Waals surface area contributed by atoms with Crippen molar-refractivity contribution in [2.75, 3.05) is 0 Å². The number of aromatic nitrogens is 2. The number of para-hydroxylation sites is 2. The van der Waals surface area contributed by atoms with Gasteiger partial charge in [-0.2, -0.15) is 0 Å². The molecule has 19 heavy (non-hydrogen) atoms. The first kappa shape index (κ1) is 12.4. The second-order valence-corrected chi connectivity index (χ2v) is 5.40. The molecule has 1 aromatic heterocycles. The minimum Gasteiger partial charge on any atom is -0.389 e. The van der Waals surface area contributed by atoms with Crippen LogP contribution in [0.5, 0.6) is 0 Å². The Morgan fingerprint density at radius 2 is 2.00 bits per heavy atom. The average molecular weight is 317 g/mol. The van der Waals surface area contributed by atoms with E-state index in [2.05, 4.69) is 20.9 Å². The van der Waals surface area contributed by atoms with Crippen LogP contribution in [0, 0.1) is 0 Å². The number of imidazole rings is 1. The van der Waals surface area contributed by atoms with Crippen molar-refractivity contribution in [3.05, 3.63) is 58.8 Å². The van der Waals surface area contributed by atoms with Crippen LogP contribution in [0.4, 0.5) is 0 Å². The van der Waals surface area contributed by atoms with Crippen molar-refractivity contribution in [2.24, 2.45) is 0 Å². The summed E-state index contributed by atoms with van der Waals surface area (Å²) in [6.45, 7) is 1.77. The van der Waals surface area contributed by atoms with Gasteiger partial charge >= 0.3 is 0 Å². The fraction of sp³-hybridized carbons (Fsp3) is 0.133. The molecule has 0 amide bonds. The summed E-state index contributed by atoms with van der Waals surface area (Å²) < 4.78 is 2.96. The van der Waals surface area contributed by atoms with E-state index in [1.807, 2.05) is 47.0 Å². The average Bonchev–Trinajstić information content (AvgIpc) is 2.82. The molecule has 0 spiro atoms. The standard InChI is InChI=1S/C15H13BrN2O/c1-10(19)12-8-11(16)6-7-14(12)18-9-17-13-4-2-3-5-15(13)18/h2-10,19H,1H3. The van der Waals surface area contributed by atoms with Crippen molar-refractivity contribution >= 4 is 27.0 Å². The number of benzene rings is 2. The van der Waals surface area contributed by atoms with E-state index >= 15 is 0 Å². The summed E-state index contributed by atoms with van der Waals surface area (Å²) in [6, 6.07) is 13.9. The smallest absolute Gasteiger partial charge is 0.100 e. The lowest BCUT2D eigenvalue weighted by molar-refractivity contribution is 0.199. The number of fused-ring (bicyclic) bond motifs is 1. The number of halogens is 1. The summed E-state index contributed by atoms with van der Waals surface area (Å²) in [6.07, 6.45) is 1.26. The highest BCUT2D eigenvalue weighted by Crippen LogP contribution is 2.27. The third-order valence-electron chi connectivity index (χ3n) is 3.15. The first-order valence-corrected chi connectivity index (χ1v) is 6.86. The molecule has 0 aliphatic heterocycles. The number of hydrogen-bond acceptors (Lipinski definition) is 2. The van der Waals surface area contributed by atoms with E-state index in [0.29, 0.717) is 0 Å². The van der Waals surface area contributed by atoms with Crippen LogP contribution in [0.25, 0.3) is 16.7 Å². The van der Waals surface area contributed by atoms with E-state index in [1.54, 1.807) is 13.3 Å². The Morgan fingerprint density at radius 1 is 1.21 bits per heavy atom. The molecular weight excluding hydrogens is 304 g/mol. The molecule has 1 atom stereocenters. The van der Waals surface area contributed by atoms with Crippen molar-refractivity contribution in [3.8, 4) is 5.69 Å². The topological polar surface area (TPSA) is 38.0 Å². The number of rotatable bonds is 2. The van der Waals surface area contributed by atoms with Crippen LogP contribution in [-0.2, 0) is 0 Å².